The van der Waals surface area contributed by atoms with Gasteiger partial charge in [0.2, 0.25) is 0 Å². The first kappa shape index (κ1) is 18.2. The second-order valence-corrected chi connectivity index (χ2v) is 7.80. The Hall–Kier alpha value is -2.20. The van der Waals surface area contributed by atoms with Gasteiger partial charge in [0.25, 0.3) is 0 Å². The van der Waals surface area contributed by atoms with Gasteiger partial charge in [-0.05, 0) is 81.1 Å². The number of halogens is 1. The summed E-state index contributed by atoms with van der Waals surface area (Å²) in [6.07, 6.45) is 4.48. The molecule has 1 aromatic heterocycles. The summed E-state index contributed by atoms with van der Waals surface area (Å²) in [7, 11) is 2.13. The zero-order valence-electron chi connectivity index (χ0n) is 16.3. The molecule has 2 aromatic carbocycles. The number of hydrogen-bond donors (Lipinski definition) is 0. The first-order chi connectivity index (χ1) is 13.1. The van der Waals surface area contributed by atoms with Crippen LogP contribution in [0.3, 0.4) is 0 Å². The van der Waals surface area contributed by atoms with Crippen LogP contribution in [0.15, 0.2) is 42.5 Å². The zero-order valence-corrected chi connectivity index (χ0v) is 16.3. The number of aromatic nitrogens is 2. The van der Waals surface area contributed by atoms with Crippen molar-refractivity contribution in [1.29, 1.82) is 0 Å². The van der Waals surface area contributed by atoms with E-state index in [2.05, 4.69) is 41.6 Å². The van der Waals surface area contributed by atoms with Gasteiger partial charge in [-0.2, -0.15) is 0 Å². The molecule has 0 unspecified atom stereocenters. The van der Waals surface area contributed by atoms with Gasteiger partial charge in [-0.1, -0.05) is 24.3 Å². The van der Waals surface area contributed by atoms with E-state index in [0.717, 1.165) is 50.8 Å². The maximum atomic E-state index is 13.1. The van der Waals surface area contributed by atoms with Crippen LogP contribution in [0.25, 0.3) is 11.0 Å². The van der Waals surface area contributed by atoms with Crippen molar-refractivity contribution in [1.82, 2.24) is 14.5 Å². The van der Waals surface area contributed by atoms with Crippen molar-refractivity contribution in [3.8, 4) is 0 Å². The van der Waals surface area contributed by atoms with Crippen molar-refractivity contribution in [2.75, 3.05) is 19.6 Å². The minimum atomic E-state index is -0.145. The van der Waals surface area contributed by atoms with Gasteiger partial charge in [0.1, 0.15) is 11.6 Å². The Morgan fingerprint density at radius 2 is 1.81 bits per heavy atom. The molecule has 0 amide bonds. The molecule has 1 aliphatic rings. The number of rotatable bonds is 5. The number of hydrogen-bond acceptors (Lipinski definition) is 2. The molecule has 3 nitrogen and oxygen atoms in total. The fourth-order valence-corrected chi connectivity index (χ4v) is 4.42. The van der Waals surface area contributed by atoms with E-state index in [0.29, 0.717) is 5.92 Å². The smallest absolute Gasteiger partial charge is 0.123 e. The summed E-state index contributed by atoms with van der Waals surface area (Å²) in [6.45, 7) is 5.53. The molecule has 27 heavy (non-hydrogen) atoms. The quantitative estimate of drug-likeness (QED) is 0.645. The zero-order chi connectivity index (χ0) is 18.8. The Labute approximate surface area is 160 Å². The Bertz CT molecular complexity index is 905. The summed E-state index contributed by atoms with van der Waals surface area (Å²) >= 11 is 0. The second kappa shape index (κ2) is 7.81. The maximum Gasteiger partial charge on any atom is 0.123 e. The van der Waals surface area contributed by atoms with Gasteiger partial charge in [0.15, 0.2) is 0 Å². The average Bonchev–Trinajstić information content (AvgIpc) is 3.00. The van der Waals surface area contributed by atoms with E-state index in [1.54, 1.807) is 12.1 Å². The molecule has 0 spiro atoms. The summed E-state index contributed by atoms with van der Waals surface area (Å²) in [4.78, 5) is 7.39. The Balaban J connectivity index is 1.29. The van der Waals surface area contributed by atoms with Gasteiger partial charge in [0, 0.05) is 13.5 Å². The number of likely N-dealkylation sites (tertiary alicyclic amines) is 1. The van der Waals surface area contributed by atoms with Gasteiger partial charge in [-0.15, -0.1) is 0 Å². The Kier molecular flexibility index (Phi) is 5.26. The number of fused-ring (bicyclic) bond motifs is 1. The van der Waals surface area contributed by atoms with Crippen molar-refractivity contribution in [2.24, 2.45) is 7.05 Å². The van der Waals surface area contributed by atoms with E-state index in [-0.39, 0.29) is 5.82 Å². The van der Waals surface area contributed by atoms with Crippen LogP contribution in [0.5, 0.6) is 0 Å². The number of imidazole rings is 1. The number of para-hydroxylation sites is 1. The lowest BCUT2D eigenvalue weighted by Crippen LogP contribution is -2.34. The number of benzene rings is 2. The molecule has 4 rings (SSSR count). The van der Waals surface area contributed by atoms with Crippen LogP contribution in [0.1, 0.15) is 42.1 Å². The summed E-state index contributed by atoms with van der Waals surface area (Å²) in [5.41, 5.74) is 4.93. The molecule has 0 N–H and O–H groups in total. The average molecular weight is 365 g/mol. The van der Waals surface area contributed by atoms with E-state index in [1.165, 1.54) is 22.5 Å². The third-order valence-corrected chi connectivity index (χ3v) is 5.99. The lowest BCUT2D eigenvalue weighted by molar-refractivity contribution is 0.210. The molecule has 1 fully saturated rings. The van der Waals surface area contributed by atoms with Crippen molar-refractivity contribution >= 4 is 11.0 Å². The Morgan fingerprint density at radius 3 is 2.52 bits per heavy atom. The third-order valence-electron chi connectivity index (χ3n) is 5.99. The van der Waals surface area contributed by atoms with Crippen molar-refractivity contribution < 1.29 is 4.39 Å². The Morgan fingerprint density at radius 1 is 1.07 bits per heavy atom. The van der Waals surface area contributed by atoms with Gasteiger partial charge < -0.3 is 9.47 Å². The molecule has 0 radical (unpaired) electrons. The highest BCUT2D eigenvalue weighted by Gasteiger charge is 2.20. The molecule has 2 heterocycles. The third kappa shape index (κ3) is 3.91. The molecule has 1 saturated heterocycles. The van der Waals surface area contributed by atoms with E-state index in [1.807, 2.05) is 12.1 Å². The molecule has 0 aliphatic carbocycles. The number of piperidine rings is 1. The molecule has 0 bridgehead atoms. The molecule has 1 aliphatic heterocycles. The van der Waals surface area contributed by atoms with E-state index in [4.69, 9.17) is 4.98 Å². The summed E-state index contributed by atoms with van der Waals surface area (Å²) in [6, 6.07) is 13.4. The van der Waals surface area contributed by atoms with Crippen LogP contribution < -0.4 is 0 Å². The van der Waals surface area contributed by atoms with Crippen LogP contribution in [-0.2, 0) is 13.5 Å². The van der Waals surface area contributed by atoms with Crippen LogP contribution in [0.2, 0.25) is 0 Å². The molecular weight excluding hydrogens is 337 g/mol. The lowest BCUT2D eigenvalue weighted by Gasteiger charge is -2.32. The second-order valence-electron chi connectivity index (χ2n) is 7.80. The van der Waals surface area contributed by atoms with Crippen LogP contribution in [-0.4, -0.2) is 34.1 Å². The predicted octanol–water partition coefficient (Wildman–Crippen LogP) is 4.83. The first-order valence-electron chi connectivity index (χ1n) is 10.0. The van der Waals surface area contributed by atoms with Crippen molar-refractivity contribution in [2.45, 2.75) is 38.5 Å². The number of aryl methyl sites for hydroxylation is 3. The molecule has 142 valence electrons. The van der Waals surface area contributed by atoms with Gasteiger partial charge in [0.05, 0.1) is 11.0 Å². The standard InChI is InChI=1S/C23H28FN3/c1-17-5-3-6-21-23(17)26(2)22(25-21)7-4-14-27-15-12-19(13-16-27)18-8-10-20(24)11-9-18/h3,5-6,8-11,19H,4,7,12-16H2,1-2H3. The van der Waals surface area contributed by atoms with Crippen molar-refractivity contribution in [3.63, 3.8) is 0 Å². The minimum absolute atomic E-state index is 0.145. The topological polar surface area (TPSA) is 21.1 Å². The molecule has 3 aromatic rings. The first-order valence-corrected chi connectivity index (χ1v) is 10.0. The van der Waals surface area contributed by atoms with Crippen LogP contribution in [0.4, 0.5) is 4.39 Å². The summed E-state index contributed by atoms with van der Waals surface area (Å²) in [5, 5.41) is 0. The fourth-order valence-electron chi connectivity index (χ4n) is 4.42. The lowest BCUT2D eigenvalue weighted by atomic mass is 9.89. The van der Waals surface area contributed by atoms with Crippen molar-refractivity contribution in [3.05, 3.63) is 65.2 Å². The van der Waals surface area contributed by atoms with Crippen LogP contribution in [0, 0.1) is 12.7 Å². The molecular formula is C23H28FN3. The summed E-state index contributed by atoms with van der Waals surface area (Å²) < 4.78 is 15.4. The molecule has 0 atom stereocenters. The highest BCUT2D eigenvalue weighted by Crippen LogP contribution is 2.28. The predicted molar refractivity (Wildman–Crippen MR) is 109 cm³/mol. The molecule has 4 heteroatoms. The van der Waals surface area contributed by atoms with E-state index in [9.17, 15) is 4.39 Å². The van der Waals surface area contributed by atoms with E-state index >= 15 is 0 Å². The van der Waals surface area contributed by atoms with Gasteiger partial charge >= 0.3 is 0 Å². The van der Waals surface area contributed by atoms with Gasteiger partial charge in [-0.3, -0.25) is 0 Å². The van der Waals surface area contributed by atoms with Crippen LogP contribution >= 0.6 is 0 Å². The van der Waals surface area contributed by atoms with E-state index < -0.39 is 0 Å². The molecule has 0 saturated carbocycles. The summed E-state index contributed by atoms with van der Waals surface area (Å²) in [5.74, 6) is 1.61. The highest BCUT2D eigenvalue weighted by atomic mass is 19.1. The normalized spacial score (nSPS) is 16.3. The fraction of sp³-hybridized carbons (Fsp3) is 0.435. The monoisotopic (exact) mass is 365 g/mol. The van der Waals surface area contributed by atoms with Gasteiger partial charge in [-0.25, -0.2) is 9.37 Å². The number of nitrogens with zero attached hydrogens (tertiary/aromatic N) is 3. The largest absolute Gasteiger partial charge is 0.331 e. The SMILES string of the molecule is Cc1cccc2nc(CCCN3CCC(c4ccc(F)cc4)CC3)n(C)c12. The minimum Gasteiger partial charge on any atom is -0.331 e. The maximum absolute atomic E-state index is 13.1. The highest BCUT2D eigenvalue weighted by molar-refractivity contribution is 5.79.